The lowest BCUT2D eigenvalue weighted by molar-refractivity contribution is 1.35. The highest BCUT2D eigenvalue weighted by atomic mass is 35.5. The summed E-state index contributed by atoms with van der Waals surface area (Å²) < 4.78 is 1.07. The van der Waals surface area contributed by atoms with Crippen LogP contribution in [0.25, 0.3) is 10.1 Å². The summed E-state index contributed by atoms with van der Waals surface area (Å²) in [4.78, 5) is 14.2. The molecule has 0 aliphatic heterocycles. The fourth-order valence-corrected chi connectivity index (χ4v) is 3.19. The van der Waals surface area contributed by atoms with Crippen LogP contribution in [0.1, 0.15) is 11.8 Å². The largest absolute Gasteiger partial charge is 0.351 e. The smallest absolute Gasteiger partial charge is 0.138 e. The highest BCUT2D eigenvalue weighted by Crippen LogP contribution is 2.36. The van der Waals surface area contributed by atoms with Gasteiger partial charge in [-0.15, -0.1) is 11.3 Å². The summed E-state index contributed by atoms with van der Waals surface area (Å²) in [6.07, 6.45) is 0.499. The predicted molar refractivity (Wildman–Crippen MR) is 71.7 cm³/mol. The molecule has 0 amide bonds. The molecular weight excluding hydrogens is 265 g/mol. The van der Waals surface area contributed by atoms with Crippen molar-refractivity contribution in [1.29, 1.82) is 0 Å². The van der Waals surface area contributed by atoms with Gasteiger partial charge in [-0.2, -0.15) is 0 Å². The molecule has 0 saturated heterocycles. The third kappa shape index (κ3) is 2.13. The molecule has 2 nitrogen and oxygen atoms in total. The quantitative estimate of drug-likeness (QED) is 0.600. The summed E-state index contributed by atoms with van der Waals surface area (Å²) in [5.74, 6) is 0. The summed E-state index contributed by atoms with van der Waals surface area (Å²) >= 11 is 13.7. The van der Waals surface area contributed by atoms with Crippen molar-refractivity contribution in [2.75, 3.05) is 0 Å². The Bertz CT molecular complexity index is 599. The van der Waals surface area contributed by atoms with E-state index < -0.39 is 0 Å². The van der Waals surface area contributed by atoms with Crippen LogP contribution in [0.2, 0.25) is 10.0 Å². The van der Waals surface area contributed by atoms with Gasteiger partial charge in [-0.05, 0) is 18.2 Å². The minimum absolute atomic E-state index is 0.499. The fourth-order valence-electron chi connectivity index (χ4n) is 1.47. The molecule has 1 aromatic carbocycles. The number of hydrogen-bond donors (Lipinski definition) is 0. The number of rotatable bonds is 2. The number of hydrogen-bond acceptors (Lipinski definition) is 2. The Labute approximate surface area is 106 Å². The Morgan fingerprint density at radius 2 is 2.19 bits per heavy atom. The molecular formula is C11H8Cl2NOS+. The molecule has 0 saturated carbocycles. The van der Waals surface area contributed by atoms with E-state index in [0.29, 0.717) is 22.2 Å². The molecule has 82 valence electrons. The Morgan fingerprint density at radius 1 is 1.44 bits per heavy atom. The van der Waals surface area contributed by atoms with Gasteiger partial charge < -0.3 is 0 Å². The normalized spacial score (nSPS) is 10.4. The zero-order chi connectivity index (χ0) is 11.7. The van der Waals surface area contributed by atoms with Crippen LogP contribution in [-0.2, 0) is 6.42 Å². The van der Waals surface area contributed by atoms with Gasteiger partial charge >= 0.3 is 5.71 Å². The van der Waals surface area contributed by atoms with Crippen molar-refractivity contribution in [2.24, 2.45) is 0 Å². The summed E-state index contributed by atoms with van der Waals surface area (Å²) in [5, 5.41) is 2.27. The summed E-state index contributed by atoms with van der Waals surface area (Å²) in [6, 6.07) is 5.60. The molecule has 0 fully saturated rings. The molecule has 0 atom stereocenters. The van der Waals surface area contributed by atoms with Gasteiger partial charge in [0.05, 0.1) is 11.4 Å². The van der Waals surface area contributed by atoms with E-state index in [2.05, 4.69) is 4.85 Å². The fraction of sp³-hybridized carbons (Fsp3) is 0.182. The van der Waals surface area contributed by atoms with Gasteiger partial charge in [-0.25, -0.2) is 0 Å². The van der Waals surface area contributed by atoms with E-state index in [1.165, 1.54) is 0 Å². The molecule has 16 heavy (non-hydrogen) atoms. The highest BCUT2D eigenvalue weighted by molar-refractivity contribution is 7.19. The third-order valence-electron chi connectivity index (χ3n) is 2.23. The molecule has 1 aromatic heterocycles. The molecule has 2 aromatic rings. The third-order valence-corrected chi connectivity index (χ3v) is 4.18. The van der Waals surface area contributed by atoms with Gasteiger partial charge in [-0.3, -0.25) is 0 Å². The number of fused-ring (bicyclic) bond motifs is 1. The van der Waals surface area contributed by atoms with Crippen LogP contribution in [0, 0.1) is 4.91 Å². The van der Waals surface area contributed by atoms with Gasteiger partial charge in [0.25, 0.3) is 0 Å². The Morgan fingerprint density at radius 3 is 2.88 bits per heavy atom. The SMILES string of the molecule is CC(Cc1sc2ccc(Cl)cc2c1Cl)=[N+]=O. The van der Waals surface area contributed by atoms with Crippen LogP contribution < -0.4 is 4.85 Å². The summed E-state index contributed by atoms with van der Waals surface area (Å²) in [6.45, 7) is 1.70. The number of thiophene rings is 1. The van der Waals surface area contributed by atoms with Crippen molar-refractivity contribution >= 4 is 50.3 Å². The molecule has 0 spiro atoms. The van der Waals surface area contributed by atoms with Crippen LogP contribution in [-0.4, -0.2) is 5.71 Å². The van der Waals surface area contributed by atoms with Crippen LogP contribution in [0.5, 0.6) is 0 Å². The molecule has 0 aliphatic carbocycles. The van der Waals surface area contributed by atoms with Gasteiger partial charge in [0, 0.05) is 26.9 Å². The maximum Gasteiger partial charge on any atom is 0.351 e. The Hall–Kier alpha value is -0.860. The van der Waals surface area contributed by atoms with E-state index in [1.54, 1.807) is 18.3 Å². The van der Waals surface area contributed by atoms with Crippen LogP contribution in [0.4, 0.5) is 0 Å². The molecule has 0 unspecified atom stereocenters. The lowest BCUT2D eigenvalue weighted by Gasteiger charge is -1.91. The van der Waals surface area contributed by atoms with Gasteiger partial charge in [0.2, 0.25) is 4.85 Å². The lowest BCUT2D eigenvalue weighted by Crippen LogP contribution is -1.97. The zero-order valence-corrected chi connectivity index (χ0v) is 10.8. The molecule has 5 heteroatoms. The number of halogens is 2. The maximum atomic E-state index is 10.3. The maximum absolute atomic E-state index is 10.3. The van der Waals surface area contributed by atoms with E-state index in [-0.39, 0.29) is 0 Å². The van der Waals surface area contributed by atoms with Gasteiger partial charge in [-0.1, -0.05) is 23.2 Å². The topological polar surface area (TPSA) is 31.2 Å². The first-order valence-corrected chi connectivity index (χ1v) is 6.21. The van der Waals surface area contributed by atoms with Crippen LogP contribution in [0.15, 0.2) is 18.2 Å². The van der Waals surface area contributed by atoms with E-state index in [0.717, 1.165) is 15.0 Å². The summed E-state index contributed by atoms with van der Waals surface area (Å²) in [7, 11) is 0. The van der Waals surface area contributed by atoms with E-state index in [9.17, 15) is 4.91 Å². The zero-order valence-electron chi connectivity index (χ0n) is 8.46. The van der Waals surface area contributed by atoms with Crippen LogP contribution >= 0.6 is 34.5 Å². The lowest BCUT2D eigenvalue weighted by atomic mass is 10.2. The summed E-state index contributed by atoms with van der Waals surface area (Å²) in [5.41, 5.74) is 0.527. The van der Waals surface area contributed by atoms with Gasteiger partial charge in [0.15, 0.2) is 4.91 Å². The predicted octanol–water partition coefficient (Wildman–Crippen LogP) is 4.05. The molecule has 0 bridgehead atoms. The second-order valence-corrected chi connectivity index (χ2v) is 5.43. The minimum atomic E-state index is 0.499. The number of benzene rings is 1. The second-order valence-electron chi connectivity index (χ2n) is 3.48. The Balaban J connectivity index is 2.56. The first kappa shape index (κ1) is 11.6. The standard InChI is InChI=1S/C11H8Cl2NOS/c1-6(14-15)4-10-11(13)8-5-7(12)2-3-9(8)16-10/h2-3,5H,4H2,1H3/q+1. The first-order chi connectivity index (χ1) is 7.61. The number of nitroso groups, excluding NO2 is 1. The monoisotopic (exact) mass is 272 g/mol. The number of nitrogens with zero attached hydrogens (tertiary/aromatic N) is 1. The van der Waals surface area contributed by atoms with E-state index >= 15 is 0 Å². The minimum Gasteiger partial charge on any atom is -0.138 e. The molecule has 2 rings (SSSR count). The van der Waals surface area contributed by atoms with Crippen LogP contribution in [0.3, 0.4) is 0 Å². The molecule has 0 radical (unpaired) electrons. The second kappa shape index (κ2) is 4.56. The van der Waals surface area contributed by atoms with Crippen molar-refractivity contribution < 1.29 is 0 Å². The van der Waals surface area contributed by atoms with Crippen molar-refractivity contribution in [3.63, 3.8) is 0 Å². The highest BCUT2D eigenvalue weighted by Gasteiger charge is 2.15. The van der Waals surface area contributed by atoms with Crippen molar-refractivity contribution in [3.05, 3.63) is 38.0 Å². The van der Waals surface area contributed by atoms with Crippen molar-refractivity contribution in [1.82, 2.24) is 4.85 Å². The van der Waals surface area contributed by atoms with Crippen molar-refractivity contribution in [2.45, 2.75) is 13.3 Å². The van der Waals surface area contributed by atoms with E-state index in [4.69, 9.17) is 23.2 Å². The molecule has 0 N–H and O–H groups in total. The van der Waals surface area contributed by atoms with E-state index in [1.807, 2.05) is 18.2 Å². The molecule has 1 heterocycles. The Kier molecular flexibility index (Phi) is 3.31. The molecule has 0 aliphatic rings. The average Bonchev–Trinajstić information content (AvgIpc) is 2.56. The van der Waals surface area contributed by atoms with Gasteiger partial charge in [0.1, 0.15) is 0 Å². The first-order valence-electron chi connectivity index (χ1n) is 4.64. The average molecular weight is 273 g/mol. The van der Waals surface area contributed by atoms with Crippen molar-refractivity contribution in [3.8, 4) is 0 Å².